The second-order valence-electron chi connectivity index (χ2n) is 4.57. The van der Waals surface area contributed by atoms with E-state index in [0.717, 1.165) is 11.3 Å². The van der Waals surface area contributed by atoms with Crippen LogP contribution in [-0.4, -0.2) is 20.8 Å². The van der Waals surface area contributed by atoms with Crippen LogP contribution in [0.15, 0.2) is 41.8 Å². The standard InChI is InChI=1S/C15H19NO3S2/c1-2-13-5-7-14(8-6-13)19-9-11-21(17,18)16-12-15-4-3-10-20-15/h3-8,10,16H,2,9,11-12H2,1H3. The van der Waals surface area contributed by atoms with E-state index in [0.29, 0.717) is 12.3 Å². The Bertz CT molecular complexity index is 634. The van der Waals surface area contributed by atoms with Crippen LogP contribution in [0.5, 0.6) is 5.75 Å². The molecule has 6 heteroatoms. The summed E-state index contributed by atoms with van der Waals surface area (Å²) in [5, 5.41) is 1.92. The fourth-order valence-corrected chi connectivity index (χ4v) is 3.32. The molecule has 0 fully saturated rings. The quantitative estimate of drug-likeness (QED) is 0.812. The molecule has 1 aromatic carbocycles. The predicted molar refractivity (Wildman–Crippen MR) is 86.3 cm³/mol. The first-order valence-electron chi connectivity index (χ1n) is 6.80. The van der Waals surface area contributed by atoms with E-state index >= 15 is 0 Å². The minimum atomic E-state index is -3.31. The summed E-state index contributed by atoms with van der Waals surface area (Å²) in [5.74, 6) is 0.647. The summed E-state index contributed by atoms with van der Waals surface area (Å²) in [6.45, 7) is 2.57. The van der Waals surface area contributed by atoms with E-state index in [2.05, 4.69) is 11.6 Å². The summed E-state index contributed by atoms with van der Waals surface area (Å²) in [7, 11) is -3.31. The monoisotopic (exact) mass is 325 g/mol. The fraction of sp³-hybridized carbons (Fsp3) is 0.333. The molecule has 0 bridgehead atoms. The maximum Gasteiger partial charge on any atom is 0.215 e. The molecule has 114 valence electrons. The molecule has 4 nitrogen and oxygen atoms in total. The van der Waals surface area contributed by atoms with Crippen LogP contribution in [0.2, 0.25) is 0 Å². The lowest BCUT2D eigenvalue weighted by Gasteiger charge is -2.08. The molecule has 2 aromatic rings. The molecule has 1 N–H and O–H groups in total. The Morgan fingerprint density at radius 1 is 1.19 bits per heavy atom. The lowest BCUT2D eigenvalue weighted by atomic mass is 10.2. The molecular formula is C15H19NO3S2. The minimum Gasteiger partial charge on any atom is -0.492 e. The highest BCUT2D eigenvalue weighted by atomic mass is 32.2. The zero-order valence-electron chi connectivity index (χ0n) is 11.9. The van der Waals surface area contributed by atoms with E-state index in [9.17, 15) is 8.42 Å². The van der Waals surface area contributed by atoms with Gasteiger partial charge in [-0.05, 0) is 35.6 Å². The largest absolute Gasteiger partial charge is 0.492 e. The van der Waals surface area contributed by atoms with Crippen LogP contribution in [0.4, 0.5) is 0 Å². The van der Waals surface area contributed by atoms with Gasteiger partial charge in [-0.2, -0.15) is 0 Å². The summed E-state index contributed by atoms with van der Waals surface area (Å²) in [6, 6.07) is 11.5. The van der Waals surface area contributed by atoms with Crippen molar-refractivity contribution in [3.05, 3.63) is 52.2 Å². The van der Waals surface area contributed by atoms with Gasteiger partial charge in [-0.3, -0.25) is 0 Å². The maximum atomic E-state index is 11.8. The molecule has 0 spiro atoms. The first-order valence-corrected chi connectivity index (χ1v) is 9.34. The van der Waals surface area contributed by atoms with Gasteiger partial charge < -0.3 is 4.74 Å². The SMILES string of the molecule is CCc1ccc(OCCS(=O)(=O)NCc2cccs2)cc1. The molecule has 1 heterocycles. The Kier molecular flexibility index (Phi) is 5.78. The molecule has 2 rings (SSSR count). The number of hydrogen-bond acceptors (Lipinski definition) is 4. The molecule has 0 atom stereocenters. The molecule has 0 aliphatic rings. The molecule has 0 aliphatic heterocycles. The second-order valence-corrected chi connectivity index (χ2v) is 7.52. The van der Waals surface area contributed by atoms with Gasteiger partial charge in [0.1, 0.15) is 12.4 Å². The van der Waals surface area contributed by atoms with E-state index < -0.39 is 10.0 Å². The van der Waals surface area contributed by atoms with Gasteiger partial charge in [-0.15, -0.1) is 11.3 Å². The van der Waals surface area contributed by atoms with Crippen molar-refractivity contribution in [1.29, 1.82) is 0 Å². The van der Waals surface area contributed by atoms with Gasteiger partial charge in [-0.1, -0.05) is 25.1 Å². The number of ether oxygens (including phenoxy) is 1. The van der Waals surface area contributed by atoms with Crippen molar-refractivity contribution in [2.45, 2.75) is 19.9 Å². The number of hydrogen-bond donors (Lipinski definition) is 1. The van der Waals surface area contributed by atoms with Crippen molar-refractivity contribution in [2.75, 3.05) is 12.4 Å². The predicted octanol–water partition coefficient (Wildman–Crippen LogP) is 2.81. The molecule has 0 radical (unpaired) electrons. The number of rotatable bonds is 8. The maximum absolute atomic E-state index is 11.8. The van der Waals surface area contributed by atoms with Gasteiger partial charge >= 0.3 is 0 Å². The van der Waals surface area contributed by atoms with Crippen LogP contribution < -0.4 is 9.46 Å². The van der Waals surface area contributed by atoms with Gasteiger partial charge in [-0.25, -0.2) is 13.1 Å². The van der Waals surface area contributed by atoms with Crippen LogP contribution in [0.25, 0.3) is 0 Å². The summed E-state index contributed by atoms with van der Waals surface area (Å²) < 4.78 is 31.7. The molecule has 0 amide bonds. The first kappa shape index (κ1) is 16.0. The molecule has 0 aliphatic carbocycles. The summed E-state index contributed by atoms with van der Waals surface area (Å²) in [5.41, 5.74) is 1.23. The summed E-state index contributed by atoms with van der Waals surface area (Å²) in [6.07, 6.45) is 0.974. The number of sulfonamides is 1. The zero-order chi connectivity index (χ0) is 15.1. The van der Waals surface area contributed by atoms with Crippen LogP contribution in [0.3, 0.4) is 0 Å². The van der Waals surface area contributed by atoms with Crippen LogP contribution in [-0.2, 0) is 23.0 Å². The highest BCUT2D eigenvalue weighted by molar-refractivity contribution is 7.89. The van der Waals surface area contributed by atoms with Gasteiger partial charge in [0.15, 0.2) is 0 Å². The normalized spacial score (nSPS) is 11.5. The average molecular weight is 325 g/mol. The molecular weight excluding hydrogens is 306 g/mol. The van der Waals surface area contributed by atoms with Crippen molar-refractivity contribution < 1.29 is 13.2 Å². The van der Waals surface area contributed by atoms with Crippen LogP contribution in [0.1, 0.15) is 17.4 Å². The number of nitrogens with one attached hydrogen (secondary N) is 1. The Hall–Kier alpha value is -1.37. The molecule has 0 unspecified atom stereocenters. The Labute approximate surface area is 129 Å². The van der Waals surface area contributed by atoms with Gasteiger partial charge in [0.05, 0.1) is 5.75 Å². The smallest absolute Gasteiger partial charge is 0.215 e. The second kappa shape index (κ2) is 7.59. The first-order chi connectivity index (χ1) is 10.1. The Balaban J connectivity index is 1.75. The topological polar surface area (TPSA) is 55.4 Å². The third-order valence-corrected chi connectivity index (χ3v) is 5.16. The van der Waals surface area contributed by atoms with E-state index in [1.165, 1.54) is 16.9 Å². The number of aryl methyl sites for hydroxylation is 1. The van der Waals surface area contributed by atoms with E-state index in [1.54, 1.807) is 0 Å². The fourth-order valence-electron chi connectivity index (χ4n) is 1.76. The lowest BCUT2D eigenvalue weighted by molar-refractivity contribution is 0.340. The van der Waals surface area contributed by atoms with E-state index in [1.807, 2.05) is 41.8 Å². The Morgan fingerprint density at radius 3 is 2.57 bits per heavy atom. The highest BCUT2D eigenvalue weighted by Gasteiger charge is 2.10. The summed E-state index contributed by atoms with van der Waals surface area (Å²) in [4.78, 5) is 0.995. The van der Waals surface area contributed by atoms with Crippen molar-refractivity contribution in [3.63, 3.8) is 0 Å². The molecule has 1 aromatic heterocycles. The van der Waals surface area contributed by atoms with Crippen molar-refractivity contribution in [1.82, 2.24) is 4.72 Å². The third-order valence-electron chi connectivity index (χ3n) is 3.00. The van der Waals surface area contributed by atoms with Crippen molar-refractivity contribution >= 4 is 21.4 Å². The average Bonchev–Trinajstić information content (AvgIpc) is 2.99. The molecule has 0 saturated carbocycles. The lowest BCUT2D eigenvalue weighted by Crippen LogP contribution is -2.28. The van der Waals surface area contributed by atoms with E-state index in [-0.39, 0.29) is 12.4 Å². The van der Waals surface area contributed by atoms with Crippen LogP contribution in [0, 0.1) is 0 Å². The Morgan fingerprint density at radius 2 is 1.95 bits per heavy atom. The third kappa shape index (κ3) is 5.49. The molecule has 21 heavy (non-hydrogen) atoms. The highest BCUT2D eigenvalue weighted by Crippen LogP contribution is 2.12. The number of benzene rings is 1. The van der Waals surface area contributed by atoms with Gasteiger partial charge in [0, 0.05) is 11.4 Å². The zero-order valence-corrected chi connectivity index (χ0v) is 13.5. The summed E-state index contributed by atoms with van der Waals surface area (Å²) >= 11 is 1.53. The van der Waals surface area contributed by atoms with Crippen molar-refractivity contribution in [2.24, 2.45) is 0 Å². The minimum absolute atomic E-state index is 0.0477. The van der Waals surface area contributed by atoms with Crippen molar-refractivity contribution in [3.8, 4) is 5.75 Å². The molecule has 0 saturated heterocycles. The van der Waals surface area contributed by atoms with Gasteiger partial charge in [0.25, 0.3) is 0 Å². The van der Waals surface area contributed by atoms with E-state index in [4.69, 9.17) is 4.74 Å². The van der Waals surface area contributed by atoms with Gasteiger partial charge in [0.2, 0.25) is 10.0 Å². The number of thiophene rings is 1. The van der Waals surface area contributed by atoms with Crippen LogP contribution >= 0.6 is 11.3 Å².